The Morgan fingerprint density at radius 3 is 2.42 bits per heavy atom. The molecular weight excluding hydrogens is 416 g/mol. The molecule has 0 bridgehead atoms. The van der Waals surface area contributed by atoms with Gasteiger partial charge in [-0.25, -0.2) is 0 Å². The summed E-state index contributed by atoms with van der Waals surface area (Å²) in [5.41, 5.74) is 1.06. The SMILES string of the molecule is CCCCCCC[C@H](O)[C@@H]1OC(C)(C)O[C@@H]1C#CC#C[C@H](CC)OCc1ccc(OC)cc1. The zero-order valence-electron chi connectivity index (χ0n) is 20.9. The first-order valence-electron chi connectivity index (χ1n) is 12.2. The summed E-state index contributed by atoms with van der Waals surface area (Å²) >= 11 is 0. The molecule has 0 aliphatic carbocycles. The molecule has 1 aliphatic heterocycles. The van der Waals surface area contributed by atoms with E-state index in [2.05, 4.69) is 30.6 Å². The molecule has 1 saturated heterocycles. The van der Waals surface area contributed by atoms with Crippen molar-refractivity contribution in [3.8, 4) is 29.4 Å². The van der Waals surface area contributed by atoms with Crippen molar-refractivity contribution in [2.24, 2.45) is 0 Å². The van der Waals surface area contributed by atoms with E-state index in [-0.39, 0.29) is 6.10 Å². The third-order valence-electron chi connectivity index (χ3n) is 5.60. The molecule has 1 aliphatic rings. The third kappa shape index (κ3) is 9.78. The van der Waals surface area contributed by atoms with Crippen LogP contribution in [0.2, 0.25) is 0 Å². The van der Waals surface area contributed by atoms with Gasteiger partial charge in [0.05, 0.1) is 19.8 Å². The van der Waals surface area contributed by atoms with E-state index >= 15 is 0 Å². The molecule has 0 amide bonds. The Morgan fingerprint density at radius 1 is 1.03 bits per heavy atom. The minimum atomic E-state index is -0.770. The van der Waals surface area contributed by atoms with Gasteiger partial charge < -0.3 is 24.1 Å². The normalized spacial score (nSPS) is 20.8. The predicted molar refractivity (Wildman–Crippen MR) is 131 cm³/mol. The lowest BCUT2D eigenvalue weighted by atomic mass is 10.0. The van der Waals surface area contributed by atoms with Crippen molar-refractivity contribution in [2.75, 3.05) is 7.11 Å². The quantitative estimate of drug-likeness (QED) is 0.344. The number of aliphatic hydroxyl groups excluding tert-OH is 1. The Labute approximate surface area is 200 Å². The number of benzene rings is 1. The maximum Gasteiger partial charge on any atom is 0.165 e. The molecule has 5 nitrogen and oxygen atoms in total. The van der Waals surface area contributed by atoms with E-state index in [1.54, 1.807) is 7.11 Å². The topological polar surface area (TPSA) is 57.2 Å². The van der Waals surface area contributed by atoms with Crippen LogP contribution in [0.3, 0.4) is 0 Å². The molecule has 4 atom stereocenters. The highest BCUT2D eigenvalue weighted by Crippen LogP contribution is 2.31. The standard InChI is InChI=1S/C28H40O5/c1-6-8-9-10-11-15-25(29)27-26(32-28(3,4)33-27)16-13-12-14-23(7-2)31-21-22-17-19-24(30-5)20-18-22/h17-20,23,25-27,29H,6-11,15,21H2,1-5H3/t23-,25-,26+,27-/m0/s1. The molecule has 0 spiro atoms. The number of ether oxygens (including phenoxy) is 4. The molecule has 1 aromatic carbocycles. The van der Waals surface area contributed by atoms with Gasteiger partial charge in [0.25, 0.3) is 0 Å². The Hall–Kier alpha value is -2.02. The molecule has 182 valence electrons. The third-order valence-corrected chi connectivity index (χ3v) is 5.60. The Balaban J connectivity index is 1.89. The van der Waals surface area contributed by atoms with Crippen molar-refractivity contribution in [1.29, 1.82) is 0 Å². The van der Waals surface area contributed by atoms with Gasteiger partial charge >= 0.3 is 0 Å². The summed E-state index contributed by atoms with van der Waals surface area (Å²) in [4.78, 5) is 0. The van der Waals surface area contributed by atoms with E-state index in [1.807, 2.05) is 45.0 Å². The second kappa shape index (κ2) is 14.3. The van der Waals surface area contributed by atoms with Crippen molar-refractivity contribution in [2.45, 2.75) is 109 Å². The smallest absolute Gasteiger partial charge is 0.165 e. The van der Waals surface area contributed by atoms with Gasteiger partial charge in [-0.15, -0.1) is 0 Å². The van der Waals surface area contributed by atoms with Crippen LogP contribution in [0.15, 0.2) is 24.3 Å². The first kappa shape index (κ1) is 27.2. The number of unbranched alkanes of at least 4 members (excludes halogenated alkanes) is 4. The van der Waals surface area contributed by atoms with Crippen LogP contribution in [0.5, 0.6) is 5.75 Å². The van der Waals surface area contributed by atoms with Gasteiger partial charge in [0.1, 0.15) is 18.0 Å². The lowest BCUT2D eigenvalue weighted by Crippen LogP contribution is -2.34. The first-order valence-corrected chi connectivity index (χ1v) is 12.2. The van der Waals surface area contributed by atoms with Gasteiger partial charge in [-0.3, -0.25) is 0 Å². The molecule has 0 saturated carbocycles. The molecule has 0 radical (unpaired) electrons. The van der Waals surface area contributed by atoms with Crippen LogP contribution < -0.4 is 4.74 Å². The van der Waals surface area contributed by atoms with E-state index < -0.39 is 24.1 Å². The molecule has 1 heterocycles. The van der Waals surface area contributed by atoms with Gasteiger partial charge in [-0.1, -0.05) is 69.9 Å². The molecular formula is C28H40O5. The van der Waals surface area contributed by atoms with Crippen LogP contribution >= 0.6 is 0 Å². The van der Waals surface area contributed by atoms with Crippen LogP contribution in [-0.2, 0) is 20.8 Å². The fraction of sp³-hybridized carbons (Fsp3) is 0.643. The Kier molecular flexibility index (Phi) is 11.8. The zero-order valence-corrected chi connectivity index (χ0v) is 20.9. The summed E-state index contributed by atoms with van der Waals surface area (Å²) in [6, 6.07) is 7.79. The maximum atomic E-state index is 10.7. The Bertz CT molecular complexity index is 809. The minimum Gasteiger partial charge on any atom is -0.497 e. The maximum absolute atomic E-state index is 10.7. The van der Waals surface area contributed by atoms with E-state index in [9.17, 15) is 5.11 Å². The largest absolute Gasteiger partial charge is 0.497 e. The summed E-state index contributed by atoms with van der Waals surface area (Å²) in [6.45, 7) is 8.40. The summed E-state index contributed by atoms with van der Waals surface area (Å²) in [5, 5.41) is 10.7. The highest BCUT2D eigenvalue weighted by Gasteiger charge is 2.43. The minimum absolute atomic E-state index is 0.205. The lowest BCUT2D eigenvalue weighted by molar-refractivity contribution is -0.153. The average molecular weight is 457 g/mol. The van der Waals surface area contributed by atoms with Crippen molar-refractivity contribution in [3.05, 3.63) is 29.8 Å². The highest BCUT2D eigenvalue weighted by atomic mass is 16.8. The summed E-state index contributed by atoms with van der Waals surface area (Å²) in [5.74, 6) is 12.0. The second-order valence-corrected chi connectivity index (χ2v) is 8.89. The fourth-order valence-electron chi connectivity index (χ4n) is 3.71. The molecule has 0 unspecified atom stereocenters. The zero-order chi connectivity index (χ0) is 24.1. The van der Waals surface area contributed by atoms with Gasteiger partial charge in [0.15, 0.2) is 11.9 Å². The van der Waals surface area contributed by atoms with Gasteiger partial charge in [0, 0.05) is 0 Å². The number of hydrogen-bond donors (Lipinski definition) is 1. The fourth-order valence-corrected chi connectivity index (χ4v) is 3.71. The van der Waals surface area contributed by atoms with Crippen LogP contribution in [0, 0.1) is 23.7 Å². The summed E-state index contributed by atoms with van der Waals surface area (Å²) in [6.07, 6.45) is 5.43. The van der Waals surface area contributed by atoms with E-state index in [0.29, 0.717) is 13.0 Å². The number of aliphatic hydroxyl groups is 1. The lowest BCUT2D eigenvalue weighted by Gasteiger charge is -2.20. The van der Waals surface area contributed by atoms with E-state index in [1.165, 1.54) is 19.3 Å². The van der Waals surface area contributed by atoms with Crippen LogP contribution in [0.4, 0.5) is 0 Å². The summed E-state index contributed by atoms with van der Waals surface area (Å²) < 4.78 is 23.0. The Morgan fingerprint density at radius 2 is 1.76 bits per heavy atom. The number of hydrogen-bond acceptors (Lipinski definition) is 5. The van der Waals surface area contributed by atoms with Crippen LogP contribution in [-0.4, -0.2) is 42.4 Å². The predicted octanol–water partition coefficient (Wildman–Crippen LogP) is 5.24. The van der Waals surface area contributed by atoms with E-state index in [0.717, 1.165) is 30.6 Å². The molecule has 2 rings (SSSR count). The first-order chi connectivity index (χ1) is 15.9. The number of methoxy groups -OCH3 is 1. The molecule has 5 heteroatoms. The van der Waals surface area contributed by atoms with E-state index in [4.69, 9.17) is 18.9 Å². The van der Waals surface area contributed by atoms with Gasteiger partial charge in [-0.05, 0) is 56.2 Å². The van der Waals surface area contributed by atoms with Crippen molar-refractivity contribution in [1.82, 2.24) is 0 Å². The molecule has 0 aromatic heterocycles. The number of rotatable bonds is 12. The van der Waals surface area contributed by atoms with Crippen molar-refractivity contribution in [3.63, 3.8) is 0 Å². The highest BCUT2D eigenvalue weighted by molar-refractivity contribution is 5.30. The molecule has 1 fully saturated rings. The monoisotopic (exact) mass is 456 g/mol. The van der Waals surface area contributed by atoms with Crippen molar-refractivity contribution >= 4 is 0 Å². The van der Waals surface area contributed by atoms with Gasteiger partial charge in [0.2, 0.25) is 0 Å². The molecule has 1 N–H and O–H groups in total. The van der Waals surface area contributed by atoms with Crippen LogP contribution in [0.25, 0.3) is 0 Å². The van der Waals surface area contributed by atoms with Gasteiger partial charge in [-0.2, -0.15) is 0 Å². The van der Waals surface area contributed by atoms with Crippen LogP contribution in [0.1, 0.15) is 78.2 Å². The average Bonchev–Trinajstić information content (AvgIpc) is 3.13. The molecule has 33 heavy (non-hydrogen) atoms. The summed E-state index contributed by atoms with van der Waals surface area (Å²) in [7, 11) is 1.65. The second-order valence-electron chi connectivity index (χ2n) is 8.89. The van der Waals surface area contributed by atoms with Crippen molar-refractivity contribution < 1.29 is 24.1 Å². The molecule has 1 aromatic rings.